The first kappa shape index (κ1) is 12.6. The number of hydrogen-bond acceptors (Lipinski definition) is 5. The van der Waals surface area contributed by atoms with Crippen molar-refractivity contribution in [1.29, 1.82) is 5.26 Å². The van der Waals surface area contributed by atoms with Crippen LogP contribution in [0.2, 0.25) is 0 Å². The van der Waals surface area contributed by atoms with E-state index in [9.17, 15) is 18.0 Å². The van der Waals surface area contributed by atoms with Crippen LogP contribution in [-0.2, 0) is 19.6 Å². The van der Waals surface area contributed by atoms with Gasteiger partial charge in [0.05, 0.1) is 12.6 Å². The van der Waals surface area contributed by atoms with Crippen molar-refractivity contribution in [3.8, 4) is 6.07 Å². The van der Waals surface area contributed by atoms with Crippen LogP contribution in [0.3, 0.4) is 0 Å². The second-order valence-corrected chi connectivity index (χ2v) is 5.22. The lowest BCUT2D eigenvalue weighted by atomic mass is 10.2. The van der Waals surface area contributed by atoms with E-state index in [0.717, 1.165) is 4.31 Å². The lowest BCUT2D eigenvalue weighted by Crippen LogP contribution is -2.59. The van der Waals surface area contributed by atoms with E-state index in [-0.39, 0.29) is 6.42 Å². The molecule has 16 heavy (non-hydrogen) atoms. The van der Waals surface area contributed by atoms with Gasteiger partial charge in [-0.25, -0.2) is 8.42 Å². The number of rotatable bonds is 3. The maximum atomic E-state index is 11.6. The number of imide groups is 1. The first-order chi connectivity index (χ1) is 7.42. The number of sulfonamides is 1. The van der Waals surface area contributed by atoms with Crippen molar-refractivity contribution >= 4 is 21.8 Å². The van der Waals surface area contributed by atoms with Crippen molar-refractivity contribution in [3.05, 3.63) is 0 Å². The Hall–Kier alpha value is -1.46. The van der Waals surface area contributed by atoms with Gasteiger partial charge in [-0.15, -0.1) is 0 Å². The normalized spacial score (nSPS) is 22.6. The van der Waals surface area contributed by atoms with E-state index in [2.05, 4.69) is 5.32 Å². The summed E-state index contributed by atoms with van der Waals surface area (Å²) in [6, 6.07) is 0.601. The van der Waals surface area contributed by atoms with Crippen molar-refractivity contribution in [2.75, 3.05) is 12.3 Å². The highest BCUT2D eigenvalue weighted by Crippen LogP contribution is 2.14. The molecule has 1 aliphatic rings. The average Bonchev–Trinajstić information content (AvgIpc) is 2.16. The molecule has 1 aliphatic heterocycles. The van der Waals surface area contributed by atoms with Crippen molar-refractivity contribution in [2.45, 2.75) is 19.4 Å². The topological polar surface area (TPSA) is 107 Å². The largest absolute Gasteiger partial charge is 0.294 e. The summed E-state index contributed by atoms with van der Waals surface area (Å²) in [7, 11) is -3.87. The van der Waals surface area contributed by atoms with Gasteiger partial charge in [-0.2, -0.15) is 9.57 Å². The SMILES string of the molecule is CCC1C(=O)NC(=O)CN1S(=O)(=O)CC#N. The smallest absolute Gasteiger partial charge is 0.245 e. The Labute approximate surface area is 93.1 Å². The zero-order valence-corrected chi connectivity index (χ0v) is 9.45. The van der Waals surface area contributed by atoms with Crippen molar-refractivity contribution < 1.29 is 18.0 Å². The van der Waals surface area contributed by atoms with Crippen LogP contribution >= 0.6 is 0 Å². The summed E-state index contributed by atoms with van der Waals surface area (Å²) >= 11 is 0. The third-order valence-electron chi connectivity index (χ3n) is 2.20. The van der Waals surface area contributed by atoms with Crippen LogP contribution < -0.4 is 5.32 Å². The number of nitrogens with zero attached hydrogens (tertiary/aromatic N) is 2. The summed E-state index contributed by atoms with van der Waals surface area (Å²) in [5, 5.41) is 10.4. The van der Waals surface area contributed by atoms with Crippen LogP contribution in [0.15, 0.2) is 0 Å². The average molecular weight is 245 g/mol. The summed E-state index contributed by atoms with van der Waals surface area (Å²) in [6.07, 6.45) is 0.254. The van der Waals surface area contributed by atoms with Gasteiger partial charge in [0, 0.05) is 0 Å². The number of nitriles is 1. The first-order valence-corrected chi connectivity index (χ1v) is 6.23. The molecular formula is C8H11N3O4S. The lowest BCUT2D eigenvalue weighted by molar-refractivity contribution is -0.137. The van der Waals surface area contributed by atoms with E-state index in [1.807, 2.05) is 0 Å². The molecule has 1 heterocycles. The van der Waals surface area contributed by atoms with Gasteiger partial charge in [0.15, 0.2) is 5.75 Å². The fourth-order valence-electron chi connectivity index (χ4n) is 1.49. The van der Waals surface area contributed by atoms with E-state index in [0.29, 0.717) is 0 Å². The molecule has 1 saturated heterocycles. The van der Waals surface area contributed by atoms with Crippen molar-refractivity contribution in [2.24, 2.45) is 0 Å². The molecule has 8 heteroatoms. The quantitative estimate of drug-likeness (QED) is 0.614. The molecule has 1 rings (SSSR count). The van der Waals surface area contributed by atoms with Crippen LogP contribution in [0, 0.1) is 11.3 Å². The van der Waals surface area contributed by atoms with Gasteiger partial charge < -0.3 is 0 Å². The predicted octanol–water partition coefficient (Wildman–Crippen LogP) is -1.42. The molecule has 0 radical (unpaired) electrons. The Morgan fingerprint density at radius 3 is 2.69 bits per heavy atom. The Kier molecular flexibility index (Phi) is 3.62. The first-order valence-electron chi connectivity index (χ1n) is 4.62. The number of carbonyl (C=O) groups excluding carboxylic acids is 2. The van der Waals surface area contributed by atoms with Gasteiger partial charge in [-0.1, -0.05) is 6.92 Å². The fraction of sp³-hybridized carbons (Fsp3) is 0.625. The number of piperazine rings is 1. The van der Waals surface area contributed by atoms with Crippen LogP contribution in [-0.4, -0.2) is 42.9 Å². The molecule has 0 aromatic heterocycles. The highest BCUT2D eigenvalue weighted by Gasteiger charge is 2.39. The van der Waals surface area contributed by atoms with Gasteiger partial charge in [-0.3, -0.25) is 14.9 Å². The second kappa shape index (κ2) is 4.59. The maximum Gasteiger partial charge on any atom is 0.245 e. The number of amides is 2. The van der Waals surface area contributed by atoms with E-state index in [1.165, 1.54) is 6.07 Å². The van der Waals surface area contributed by atoms with E-state index >= 15 is 0 Å². The summed E-state index contributed by atoms with van der Waals surface area (Å²) in [5.74, 6) is -2.04. The van der Waals surface area contributed by atoms with E-state index in [1.54, 1.807) is 6.92 Å². The molecule has 1 atom stereocenters. The highest BCUT2D eigenvalue weighted by atomic mass is 32.2. The molecule has 1 unspecified atom stereocenters. The summed E-state index contributed by atoms with van der Waals surface area (Å²) in [4.78, 5) is 22.5. The van der Waals surface area contributed by atoms with Crippen LogP contribution in [0.5, 0.6) is 0 Å². The molecule has 0 saturated carbocycles. The number of nitrogens with one attached hydrogen (secondary N) is 1. The maximum absolute atomic E-state index is 11.6. The Bertz CT molecular complexity index is 450. The molecule has 1 N–H and O–H groups in total. The monoisotopic (exact) mass is 245 g/mol. The summed E-state index contributed by atoms with van der Waals surface area (Å²) in [6.45, 7) is 1.23. The molecule has 0 aromatic carbocycles. The van der Waals surface area contributed by atoms with Gasteiger partial charge in [0.1, 0.15) is 6.04 Å². The standard InChI is InChI=1S/C8H11N3O4S/c1-2-6-8(13)10-7(12)5-11(6)16(14,15)4-3-9/h6H,2,4-5H2,1H3,(H,10,12,13). The molecule has 88 valence electrons. The highest BCUT2D eigenvalue weighted by molar-refractivity contribution is 7.89. The van der Waals surface area contributed by atoms with Crippen LogP contribution in [0.4, 0.5) is 0 Å². The molecular weight excluding hydrogens is 234 g/mol. The zero-order valence-electron chi connectivity index (χ0n) is 8.63. The minimum Gasteiger partial charge on any atom is -0.294 e. The molecule has 7 nitrogen and oxygen atoms in total. The molecule has 0 spiro atoms. The van der Waals surface area contributed by atoms with Crippen molar-refractivity contribution in [3.63, 3.8) is 0 Å². The molecule has 2 amide bonds. The van der Waals surface area contributed by atoms with Crippen molar-refractivity contribution in [1.82, 2.24) is 9.62 Å². The molecule has 0 aromatic rings. The van der Waals surface area contributed by atoms with Gasteiger partial charge in [0.25, 0.3) is 0 Å². The third kappa shape index (κ3) is 2.37. The van der Waals surface area contributed by atoms with E-state index in [4.69, 9.17) is 5.26 Å². The van der Waals surface area contributed by atoms with Gasteiger partial charge >= 0.3 is 0 Å². The van der Waals surface area contributed by atoms with Gasteiger partial charge in [-0.05, 0) is 6.42 Å². The minimum atomic E-state index is -3.87. The predicted molar refractivity (Wildman–Crippen MR) is 53.3 cm³/mol. The summed E-state index contributed by atoms with van der Waals surface area (Å²) < 4.78 is 24.0. The Morgan fingerprint density at radius 2 is 2.19 bits per heavy atom. The molecule has 0 bridgehead atoms. The second-order valence-electron chi connectivity index (χ2n) is 3.30. The lowest BCUT2D eigenvalue weighted by Gasteiger charge is -2.31. The molecule has 1 fully saturated rings. The minimum absolute atomic E-state index is 0.254. The zero-order chi connectivity index (χ0) is 12.3. The summed E-state index contributed by atoms with van der Waals surface area (Å²) in [5.41, 5.74) is 0. The fourth-order valence-corrected chi connectivity index (χ4v) is 2.76. The number of hydrogen-bond donors (Lipinski definition) is 1. The third-order valence-corrected chi connectivity index (χ3v) is 3.80. The van der Waals surface area contributed by atoms with Crippen LogP contribution in [0.25, 0.3) is 0 Å². The number of carbonyl (C=O) groups is 2. The Morgan fingerprint density at radius 1 is 1.56 bits per heavy atom. The van der Waals surface area contributed by atoms with Gasteiger partial charge in [0.2, 0.25) is 21.8 Å². The van der Waals surface area contributed by atoms with E-state index < -0.39 is 40.2 Å². The van der Waals surface area contributed by atoms with Crippen LogP contribution in [0.1, 0.15) is 13.3 Å². The Balaban J connectivity index is 3.05. The molecule has 0 aliphatic carbocycles.